The first kappa shape index (κ1) is 18.4. The Kier molecular flexibility index (Phi) is 6.87. The lowest BCUT2D eigenvalue weighted by molar-refractivity contribution is -0.908. The van der Waals surface area contributed by atoms with E-state index in [0.717, 1.165) is 38.1 Å². The smallest absolute Gasteiger partial charge is 0.275 e. The van der Waals surface area contributed by atoms with E-state index in [4.69, 9.17) is 16.3 Å². The largest absolute Gasteiger partial charge is 0.372 e. The molecule has 1 saturated heterocycles. The fraction of sp³-hybridized carbons (Fsp3) is 0.421. The Hall–Kier alpha value is -1.40. The van der Waals surface area contributed by atoms with E-state index in [-0.39, 0.29) is 12.0 Å². The van der Waals surface area contributed by atoms with Crippen molar-refractivity contribution in [1.29, 1.82) is 0 Å². The van der Waals surface area contributed by atoms with E-state index in [2.05, 4.69) is 22.8 Å². The van der Waals surface area contributed by atoms with Gasteiger partial charge in [0.1, 0.15) is 19.2 Å². The Morgan fingerprint density at radius 1 is 1.36 bits per heavy atom. The van der Waals surface area contributed by atoms with Crippen molar-refractivity contribution in [2.45, 2.75) is 32.0 Å². The summed E-state index contributed by atoms with van der Waals surface area (Å²) in [7, 11) is 0. The summed E-state index contributed by atoms with van der Waals surface area (Å²) in [6.45, 7) is 3.55. The van der Waals surface area contributed by atoms with Crippen LogP contribution in [0, 0.1) is 0 Å². The molecule has 6 heteroatoms. The van der Waals surface area contributed by atoms with Gasteiger partial charge in [0.15, 0.2) is 6.54 Å². The molecule has 1 amide bonds. The first-order valence-electron chi connectivity index (χ1n) is 8.68. The predicted molar refractivity (Wildman–Crippen MR) is 101 cm³/mol. The molecule has 2 heterocycles. The molecular weight excluding hydrogens is 356 g/mol. The zero-order valence-electron chi connectivity index (χ0n) is 14.2. The molecule has 1 aliphatic heterocycles. The number of carbonyl (C=O) groups is 1. The van der Waals surface area contributed by atoms with Crippen molar-refractivity contribution in [1.82, 2.24) is 5.32 Å². The third-order valence-corrected chi connectivity index (χ3v) is 5.45. The maximum absolute atomic E-state index is 12.4. The number of hydrogen-bond acceptors (Lipinski definition) is 3. The second kappa shape index (κ2) is 9.34. The average molecular weight is 380 g/mol. The topological polar surface area (TPSA) is 42.8 Å². The number of carbonyl (C=O) groups excluding carboxylic acids is 1. The van der Waals surface area contributed by atoms with Crippen molar-refractivity contribution in [2.75, 3.05) is 19.7 Å². The number of quaternary nitrogens is 1. The van der Waals surface area contributed by atoms with Crippen molar-refractivity contribution in [3.8, 4) is 0 Å². The van der Waals surface area contributed by atoms with E-state index < -0.39 is 0 Å². The van der Waals surface area contributed by atoms with Gasteiger partial charge in [0.2, 0.25) is 0 Å². The molecule has 2 atom stereocenters. The van der Waals surface area contributed by atoms with Crippen molar-refractivity contribution in [3.05, 3.63) is 57.2 Å². The standard InChI is InChI=1S/C19H23ClN2O2S/c20-16-5-1-4-15(10-16)11-21-19(23)14-22(12-17-6-2-8-24-17)13-18-7-3-9-25-18/h1,3-5,7,9-10,17H,2,6,8,11-14H2,(H,21,23)/p+1/t17-/m1/s1. The van der Waals surface area contributed by atoms with Crippen LogP contribution in [0.2, 0.25) is 5.02 Å². The highest BCUT2D eigenvalue weighted by molar-refractivity contribution is 7.09. The summed E-state index contributed by atoms with van der Waals surface area (Å²) in [5.74, 6) is 0.0597. The van der Waals surface area contributed by atoms with Crippen molar-refractivity contribution < 1.29 is 14.4 Å². The van der Waals surface area contributed by atoms with Crippen LogP contribution in [0.25, 0.3) is 0 Å². The van der Waals surface area contributed by atoms with Gasteiger partial charge >= 0.3 is 0 Å². The molecule has 3 rings (SSSR count). The highest BCUT2D eigenvalue weighted by atomic mass is 35.5. The second-order valence-electron chi connectivity index (χ2n) is 6.43. The molecule has 0 spiro atoms. The fourth-order valence-corrected chi connectivity index (χ4v) is 4.12. The van der Waals surface area contributed by atoms with E-state index in [1.165, 1.54) is 9.78 Å². The highest BCUT2D eigenvalue weighted by Crippen LogP contribution is 2.11. The van der Waals surface area contributed by atoms with Gasteiger partial charge in [-0.3, -0.25) is 4.79 Å². The minimum Gasteiger partial charge on any atom is -0.372 e. The Balaban J connectivity index is 1.53. The van der Waals surface area contributed by atoms with Gasteiger partial charge in [0.05, 0.1) is 4.88 Å². The number of nitrogens with one attached hydrogen (secondary N) is 2. The van der Waals surface area contributed by atoms with Crippen molar-refractivity contribution >= 4 is 28.8 Å². The fourth-order valence-electron chi connectivity index (χ4n) is 3.13. The number of rotatable bonds is 8. The monoisotopic (exact) mass is 379 g/mol. The van der Waals surface area contributed by atoms with E-state index in [0.29, 0.717) is 18.1 Å². The molecule has 1 aromatic carbocycles. The minimum absolute atomic E-state index is 0.0597. The lowest BCUT2D eigenvalue weighted by Gasteiger charge is -2.21. The number of benzene rings is 1. The van der Waals surface area contributed by atoms with Gasteiger partial charge in [-0.05, 0) is 42.0 Å². The SMILES string of the molecule is O=C(C[NH+](Cc1cccs1)C[C@H]1CCCO1)NCc1cccc(Cl)c1. The Bertz CT molecular complexity index is 672. The van der Waals surface area contributed by atoms with E-state index in [1.807, 2.05) is 24.3 Å². The zero-order valence-corrected chi connectivity index (χ0v) is 15.7. The third kappa shape index (κ3) is 6.12. The molecule has 2 aromatic rings. The average Bonchev–Trinajstić information content (AvgIpc) is 3.27. The maximum atomic E-state index is 12.4. The lowest BCUT2D eigenvalue weighted by atomic mass is 10.2. The van der Waals surface area contributed by atoms with Gasteiger partial charge in [0.25, 0.3) is 5.91 Å². The van der Waals surface area contributed by atoms with Gasteiger partial charge in [-0.1, -0.05) is 29.8 Å². The van der Waals surface area contributed by atoms with E-state index in [9.17, 15) is 4.79 Å². The van der Waals surface area contributed by atoms with Crippen LogP contribution in [0.3, 0.4) is 0 Å². The Morgan fingerprint density at radius 2 is 2.28 bits per heavy atom. The van der Waals surface area contributed by atoms with Crippen LogP contribution in [0.15, 0.2) is 41.8 Å². The van der Waals surface area contributed by atoms with Crippen LogP contribution < -0.4 is 10.2 Å². The number of amides is 1. The van der Waals surface area contributed by atoms with E-state index in [1.54, 1.807) is 11.3 Å². The Labute approximate surface area is 157 Å². The van der Waals surface area contributed by atoms with Gasteiger partial charge in [-0.2, -0.15) is 0 Å². The summed E-state index contributed by atoms with van der Waals surface area (Å²) >= 11 is 7.73. The number of ether oxygens (including phenoxy) is 1. The van der Waals surface area contributed by atoms with Gasteiger partial charge in [0, 0.05) is 18.2 Å². The summed E-state index contributed by atoms with van der Waals surface area (Å²) in [6.07, 6.45) is 2.49. The molecule has 1 aliphatic rings. The van der Waals surface area contributed by atoms with Crippen molar-refractivity contribution in [3.63, 3.8) is 0 Å². The third-order valence-electron chi connectivity index (χ3n) is 4.33. The predicted octanol–water partition coefficient (Wildman–Crippen LogP) is 2.28. The number of thiophene rings is 1. The molecule has 0 saturated carbocycles. The summed E-state index contributed by atoms with van der Waals surface area (Å²) in [6, 6.07) is 11.8. The van der Waals surface area contributed by atoms with E-state index >= 15 is 0 Å². The molecule has 1 aromatic heterocycles. The maximum Gasteiger partial charge on any atom is 0.275 e. The molecule has 25 heavy (non-hydrogen) atoms. The molecule has 134 valence electrons. The number of hydrogen-bond donors (Lipinski definition) is 2. The Morgan fingerprint density at radius 3 is 3.00 bits per heavy atom. The van der Waals surface area contributed by atoms with Crippen LogP contribution in [0.5, 0.6) is 0 Å². The summed E-state index contributed by atoms with van der Waals surface area (Å²) < 4.78 is 5.76. The summed E-state index contributed by atoms with van der Waals surface area (Å²) in [5.41, 5.74) is 1.01. The number of halogens is 1. The van der Waals surface area contributed by atoms with Crippen molar-refractivity contribution in [2.24, 2.45) is 0 Å². The van der Waals surface area contributed by atoms with Crippen LogP contribution in [0.4, 0.5) is 0 Å². The highest BCUT2D eigenvalue weighted by Gasteiger charge is 2.24. The molecule has 1 fully saturated rings. The first-order valence-corrected chi connectivity index (χ1v) is 9.93. The minimum atomic E-state index is 0.0597. The summed E-state index contributed by atoms with van der Waals surface area (Å²) in [4.78, 5) is 15.0. The molecular formula is C19H24ClN2O2S+. The molecule has 4 nitrogen and oxygen atoms in total. The van der Waals surface area contributed by atoms with Crippen LogP contribution >= 0.6 is 22.9 Å². The normalized spacial score (nSPS) is 18.2. The lowest BCUT2D eigenvalue weighted by Crippen LogP contribution is -3.13. The molecule has 2 N–H and O–H groups in total. The van der Waals surface area contributed by atoms with Crippen LogP contribution in [-0.4, -0.2) is 31.7 Å². The molecule has 0 aliphatic carbocycles. The molecule has 0 radical (unpaired) electrons. The molecule has 1 unspecified atom stereocenters. The van der Waals surface area contributed by atoms with Crippen LogP contribution in [-0.2, 0) is 22.6 Å². The quantitative estimate of drug-likeness (QED) is 0.739. The first-order chi connectivity index (χ1) is 12.2. The van der Waals surface area contributed by atoms with Gasteiger partial charge in [-0.25, -0.2) is 0 Å². The molecule has 0 bridgehead atoms. The van der Waals surface area contributed by atoms with Gasteiger partial charge < -0.3 is 15.0 Å². The van der Waals surface area contributed by atoms with Crippen LogP contribution in [0.1, 0.15) is 23.3 Å². The summed E-state index contributed by atoms with van der Waals surface area (Å²) in [5, 5.41) is 5.78. The van der Waals surface area contributed by atoms with Gasteiger partial charge in [-0.15, -0.1) is 11.3 Å². The zero-order chi connectivity index (χ0) is 17.5. The second-order valence-corrected chi connectivity index (χ2v) is 7.90.